The van der Waals surface area contributed by atoms with E-state index in [9.17, 15) is 9.59 Å². The fourth-order valence-electron chi connectivity index (χ4n) is 4.05. The zero-order valence-electron chi connectivity index (χ0n) is 17.1. The van der Waals surface area contributed by atoms with Crippen molar-refractivity contribution in [3.63, 3.8) is 0 Å². The van der Waals surface area contributed by atoms with Crippen LogP contribution in [0.3, 0.4) is 0 Å². The SMILES string of the molecule is CCOC(=O)C1CCN([C@H](C)C(=O)N(CC)c2cccc3ccccc23)CC1. The van der Waals surface area contributed by atoms with Crippen molar-refractivity contribution in [2.45, 2.75) is 39.7 Å². The molecule has 0 spiro atoms. The van der Waals surface area contributed by atoms with Crippen molar-refractivity contribution in [3.8, 4) is 0 Å². The van der Waals surface area contributed by atoms with E-state index in [0.717, 1.165) is 42.4 Å². The van der Waals surface area contributed by atoms with Gasteiger partial charge in [-0.3, -0.25) is 14.5 Å². The third kappa shape index (κ3) is 4.20. The molecule has 0 N–H and O–H groups in total. The van der Waals surface area contributed by atoms with Gasteiger partial charge in [0, 0.05) is 11.9 Å². The number of esters is 1. The molecular formula is C23H30N2O3. The molecule has 0 saturated carbocycles. The first-order chi connectivity index (χ1) is 13.6. The molecule has 150 valence electrons. The van der Waals surface area contributed by atoms with Gasteiger partial charge in [-0.15, -0.1) is 0 Å². The van der Waals surface area contributed by atoms with Crippen molar-refractivity contribution >= 4 is 28.3 Å². The number of carbonyl (C=O) groups excluding carboxylic acids is 2. The fraction of sp³-hybridized carbons (Fsp3) is 0.478. The van der Waals surface area contributed by atoms with Gasteiger partial charge in [-0.1, -0.05) is 36.4 Å². The molecule has 3 rings (SSSR count). The Kier molecular flexibility index (Phi) is 6.68. The molecule has 5 heteroatoms. The second-order valence-electron chi connectivity index (χ2n) is 7.32. The first kappa shape index (κ1) is 20.3. The molecule has 1 heterocycles. The van der Waals surface area contributed by atoms with Crippen LogP contribution < -0.4 is 4.90 Å². The zero-order valence-corrected chi connectivity index (χ0v) is 17.1. The van der Waals surface area contributed by atoms with E-state index in [0.29, 0.717) is 13.2 Å². The second kappa shape index (κ2) is 9.20. The van der Waals surface area contributed by atoms with E-state index < -0.39 is 0 Å². The van der Waals surface area contributed by atoms with Crippen molar-refractivity contribution in [1.29, 1.82) is 0 Å². The first-order valence-electron chi connectivity index (χ1n) is 10.3. The maximum atomic E-state index is 13.3. The van der Waals surface area contributed by atoms with Crippen LogP contribution >= 0.6 is 0 Å². The van der Waals surface area contributed by atoms with E-state index in [1.165, 1.54) is 0 Å². The molecule has 1 fully saturated rings. The van der Waals surface area contributed by atoms with E-state index in [-0.39, 0.29) is 23.8 Å². The zero-order chi connectivity index (χ0) is 20.1. The average Bonchev–Trinajstić information content (AvgIpc) is 2.74. The molecule has 1 aliphatic rings. The van der Waals surface area contributed by atoms with Crippen molar-refractivity contribution < 1.29 is 14.3 Å². The second-order valence-corrected chi connectivity index (χ2v) is 7.32. The van der Waals surface area contributed by atoms with Crippen LogP contribution in [0.2, 0.25) is 0 Å². The minimum absolute atomic E-state index is 0.0427. The maximum Gasteiger partial charge on any atom is 0.309 e. The summed E-state index contributed by atoms with van der Waals surface area (Å²) in [5, 5.41) is 2.22. The van der Waals surface area contributed by atoms with Crippen LogP contribution in [0.25, 0.3) is 10.8 Å². The van der Waals surface area contributed by atoms with Gasteiger partial charge in [0.25, 0.3) is 0 Å². The highest BCUT2D eigenvalue weighted by molar-refractivity contribution is 6.05. The molecule has 1 saturated heterocycles. The normalized spacial score (nSPS) is 16.7. The van der Waals surface area contributed by atoms with Gasteiger partial charge < -0.3 is 9.64 Å². The average molecular weight is 383 g/mol. The van der Waals surface area contributed by atoms with Crippen molar-refractivity contribution in [2.75, 3.05) is 31.1 Å². The summed E-state index contributed by atoms with van der Waals surface area (Å²) in [5.74, 6) is -0.0423. The lowest BCUT2D eigenvalue weighted by atomic mass is 9.96. The minimum atomic E-state index is -0.220. The number of hydrogen-bond donors (Lipinski definition) is 0. The number of carbonyl (C=O) groups is 2. The van der Waals surface area contributed by atoms with Gasteiger partial charge in [-0.25, -0.2) is 0 Å². The molecule has 0 unspecified atom stereocenters. The van der Waals surface area contributed by atoms with Gasteiger partial charge in [0.1, 0.15) is 0 Å². The van der Waals surface area contributed by atoms with E-state index in [2.05, 4.69) is 23.1 Å². The standard InChI is InChI=1S/C23H30N2O3/c1-4-25(21-12-8-10-18-9-6-7-11-20(18)21)22(26)17(3)24-15-13-19(14-16-24)23(27)28-5-2/h6-12,17,19H,4-5,13-16H2,1-3H3/t17-/m1/s1. The molecule has 0 radical (unpaired) electrons. The number of likely N-dealkylation sites (tertiary alicyclic amines) is 1. The van der Waals surface area contributed by atoms with E-state index in [4.69, 9.17) is 4.74 Å². The lowest BCUT2D eigenvalue weighted by molar-refractivity contribution is -0.149. The van der Waals surface area contributed by atoms with Gasteiger partial charge in [-0.05, 0) is 58.2 Å². The van der Waals surface area contributed by atoms with Crippen molar-refractivity contribution in [1.82, 2.24) is 4.90 Å². The van der Waals surface area contributed by atoms with Crippen LogP contribution in [-0.2, 0) is 14.3 Å². The molecule has 2 aromatic rings. The van der Waals surface area contributed by atoms with Gasteiger partial charge in [0.2, 0.25) is 5.91 Å². The number of hydrogen-bond acceptors (Lipinski definition) is 4. The Balaban J connectivity index is 1.72. The van der Waals surface area contributed by atoms with Crippen LogP contribution in [0, 0.1) is 5.92 Å². The summed E-state index contributed by atoms with van der Waals surface area (Å²) in [6, 6.07) is 14.0. The molecule has 2 aromatic carbocycles. The largest absolute Gasteiger partial charge is 0.466 e. The Bertz CT molecular complexity index is 822. The Hall–Kier alpha value is -2.40. The smallest absolute Gasteiger partial charge is 0.309 e. The molecule has 0 aromatic heterocycles. The molecule has 0 aliphatic carbocycles. The third-order valence-corrected chi connectivity index (χ3v) is 5.69. The summed E-state index contributed by atoms with van der Waals surface area (Å²) in [5.41, 5.74) is 0.957. The summed E-state index contributed by atoms with van der Waals surface area (Å²) in [7, 11) is 0. The van der Waals surface area contributed by atoms with Gasteiger partial charge in [0.05, 0.1) is 24.3 Å². The van der Waals surface area contributed by atoms with E-state index in [1.54, 1.807) is 0 Å². The lowest BCUT2D eigenvalue weighted by Gasteiger charge is -2.36. The molecule has 1 aliphatic heterocycles. The number of ether oxygens (including phenoxy) is 1. The van der Waals surface area contributed by atoms with Crippen LogP contribution in [0.1, 0.15) is 33.6 Å². The third-order valence-electron chi connectivity index (χ3n) is 5.69. The Morgan fingerprint density at radius 1 is 1.11 bits per heavy atom. The topological polar surface area (TPSA) is 49.9 Å². The number of fused-ring (bicyclic) bond motifs is 1. The van der Waals surface area contributed by atoms with Gasteiger partial charge in [0.15, 0.2) is 0 Å². The molecule has 1 atom stereocenters. The molecule has 5 nitrogen and oxygen atoms in total. The Morgan fingerprint density at radius 2 is 1.79 bits per heavy atom. The van der Waals surface area contributed by atoms with Crippen molar-refractivity contribution in [3.05, 3.63) is 42.5 Å². The summed E-state index contributed by atoms with van der Waals surface area (Å²) >= 11 is 0. The quantitative estimate of drug-likeness (QED) is 0.712. The number of amides is 1. The van der Waals surface area contributed by atoms with Crippen LogP contribution in [0.5, 0.6) is 0 Å². The molecule has 1 amide bonds. The predicted molar refractivity (Wildman–Crippen MR) is 112 cm³/mol. The predicted octanol–water partition coefficient (Wildman–Crippen LogP) is 3.86. The lowest BCUT2D eigenvalue weighted by Crippen LogP contribution is -2.50. The molecular weight excluding hydrogens is 352 g/mol. The maximum absolute atomic E-state index is 13.3. The highest BCUT2D eigenvalue weighted by atomic mass is 16.5. The van der Waals surface area contributed by atoms with Gasteiger partial charge in [-0.2, -0.15) is 0 Å². The van der Waals surface area contributed by atoms with Crippen LogP contribution in [0.15, 0.2) is 42.5 Å². The number of piperidine rings is 1. The molecule has 28 heavy (non-hydrogen) atoms. The summed E-state index contributed by atoms with van der Waals surface area (Å²) in [4.78, 5) is 29.4. The minimum Gasteiger partial charge on any atom is -0.466 e. The Morgan fingerprint density at radius 3 is 2.46 bits per heavy atom. The highest BCUT2D eigenvalue weighted by Gasteiger charge is 2.32. The summed E-state index contributed by atoms with van der Waals surface area (Å²) in [6.45, 7) is 8.34. The number of anilines is 1. The van der Waals surface area contributed by atoms with Crippen LogP contribution in [-0.4, -0.2) is 49.1 Å². The number of benzene rings is 2. The van der Waals surface area contributed by atoms with E-state index >= 15 is 0 Å². The van der Waals surface area contributed by atoms with Gasteiger partial charge >= 0.3 is 5.97 Å². The van der Waals surface area contributed by atoms with Crippen molar-refractivity contribution in [2.24, 2.45) is 5.92 Å². The first-order valence-corrected chi connectivity index (χ1v) is 10.3. The summed E-state index contributed by atoms with van der Waals surface area (Å²) < 4.78 is 5.15. The highest BCUT2D eigenvalue weighted by Crippen LogP contribution is 2.28. The monoisotopic (exact) mass is 382 g/mol. The summed E-state index contributed by atoms with van der Waals surface area (Å²) in [6.07, 6.45) is 1.49. The molecule has 0 bridgehead atoms. The number of rotatable bonds is 6. The van der Waals surface area contributed by atoms with Crippen LogP contribution in [0.4, 0.5) is 5.69 Å². The fourth-order valence-corrected chi connectivity index (χ4v) is 4.05. The Labute approximate surface area is 167 Å². The number of likely N-dealkylation sites (N-methyl/N-ethyl adjacent to an activating group) is 1. The van der Waals surface area contributed by atoms with E-state index in [1.807, 2.05) is 49.9 Å². The number of nitrogens with zero attached hydrogens (tertiary/aromatic N) is 2.